The zero-order valence-corrected chi connectivity index (χ0v) is 15.7. The first kappa shape index (κ1) is 24.7. The van der Waals surface area contributed by atoms with E-state index in [1.165, 1.54) is 0 Å². The standard InChI is InChI=1S/C5H3F8N2.C5H3F7O.Cf/c1-15-4(10,11)2(6,7)14-3(8,9)5(15,12)13;6-3(7)4(8,9)1-13-2-5(10,11)12;/h1H3;3H,1H2;/q-1;;+1. The quantitative estimate of drug-likeness (QED) is 0.315. The van der Waals surface area contributed by atoms with Gasteiger partial charge < -0.3 is 0 Å². The van der Waals surface area contributed by atoms with Crippen LogP contribution in [0.1, 0.15) is 0 Å². The molecular weight excluding hydrogens is 700 g/mol. The summed E-state index contributed by atoms with van der Waals surface area (Å²) in [6.07, 6.45) is -10.8. The monoisotopic (exact) mass is 704 g/mol. The van der Waals surface area contributed by atoms with E-state index in [2.05, 4.69) is 4.74 Å². The predicted molar refractivity (Wildman–Crippen MR) is 57.4 cm³/mol. The molecular formula is C10H6CfF15N2O. The van der Waals surface area contributed by atoms with Crippen molar-refractivity contribution in [2.45, 2.75) is 42.7 Å². The van der Waals surface area contributed by atoms with E-state index in [1.54, 1.807) is 0 Å². The maximum absolute atomic E-state index is 13.7. The van der Waals surface area contributed by atoms with Gasteiger partial charge in [-0.25, -0.2) is 0 Å². The number of rotatable bonds is 5. The summed E-state index contributed by atoms with van der Waals surface area (Å²) in [5.74, 6) is -5.33. The Balaban J connectivity index is 3.55. The van der Waals surface area contributed by atoms with Crippen molar-refractivity contribution >= 4 is 6.61 Å². The molecule has 1 heterocycles. The molecule has 3 nitrogen and oxygen atoms in total. The molecule has 0 N–H and O–H groups in total. The molecule has 0 radical (unpaired) electrons. The number of nitrogens with zero attached hydrogens (tertiary/aromatic N) is 2. The Kier molecular flexibility index (Phi) is 5.64. The number of hydrogen-bond acceptors (Lipinski definition) is 3. The van der Waals surface area contributed by atoms with Gasteiger partial charge >= 0.3 is 144 Å². The molecule has 0 saturated carbocycles. The van der Waals surface area contributed by atoms with Gasteiger partial charge in [-0.3, -0.25) is 0 Å². The Hall–Kier alpha value is -2.30. The van der Waals surface area contributed by atoms with Crippen molar-refractivity contribution in [3.63, 3.8) is 0 Å². The molecule has 0 bridgehead atoms. The maximum atomic E-state index is 13.7. The van der Waals surface area contributed by atoms with Crippen molar-refractivity contribution in [3.05, 3.63) is 0 Å². The van der Waals surface area contributed by atoms with Gasteiger partial charge in [0.15, 0.2) is 0 Å². The van der Waals surface area contributed by atoms with Crippen LogP contribution in [-0.2, 0) is 4.74 Å². The summed E-state index contributed by atoms with van der Waals surface area (Å²) < 4.78 is 195. The molecule has 0 unspecified atom stereocenters. The second-order valence-electron chi connectivity index (χ2n) is 5.14. The molecule has 177 valence electrons. The summed E-state index contributed by atoms with van der Waals surface area (Å²) in [5, 5.41) is -2.46. The topological polar surface area (TPSA) is 15.7 Å². The van der Waals surface area contributed by atoms with Gasteiger partial charge in [-0.1, -0.05) is 0 Å². The molecule has 1 aliphatic rings. The summed E-state index contributed by atoms with van der Waals surface area (Å²) >= 11 is 0. The molecule has 1 fully saturated rings. The van der Waals surface area contributed by atoms with Crippen LogP contribution in [0.25, 0.3) is 0 Å². The fourth-order valence-electron chi connectivity index (χ4n) is 1.49. The number of piperazine rings is 1. The molecule has 1 rings (SSSR count). The average Bonchev–Trinajstić information content (AvgIpc) is 2.50. The summed E-state index contributed by atoms with van der Waals surface area (Å²) in [7, 11) is -0.560. The third-order valence-electron chi connectivity index (χ3n) is 3.07. The normalized spacial score (nSPS) is 25.2. The Labute approximate surface area is 145 Å². The van der Waals surface area contributed by atoms with Crippen molar-refractivity contribution in [2.24, 2.45) is 0 Å². The summed E-state index contributed by atoms with van der Waals surface area (Å²) in [6.45, 7) is -5.96. The minimum absolute atomic E-state index is 0.560. The van der Waals surface area contributed by atoms with E-state index in [0.717, 1.165) is 0 Å². The van der Waals surface area contributed by atoms with Gasteiger partial charge in [-0.05, 0) is 0 Å². The van der Waals surface area contributed by atoms with Crippen LogP contribution in [0.2, 0.25) is 0 Å². The van der Waals surface area contributed by atoms with Gasteiger partial charge in [-0.2, -0.15) is 0 Å². The van der Waals surface area contributed by atoms with Crippen LogP contribution in [-0.4, -0.2) is 73.2 Å². The van der Waals surface area contributed by atoms with Gasteiger partial charge in [-0.15, -0.1) is 0 Å². The number of hydrogen-bond donors (Lipinski definition) is 0. The number of alkyl halides is 15. The summed E-state index contributed by atoms with van der Waals surface area (Å²) in [4.78, 5) is -2.06. The minimum atomic E-state index is -6.35. The first-order valence-corrected chi connectivity index (χ1v) is 8.91. The third-order valence-corrected chi connectivity index (χ3v) is 6.80. The molecule has 0 aromatic heterocycles. The van der Waals surface area contributed by atoms with E-state index < -0.39 is 73.2 Å². The number of likely N-dealkylation sites (N-methyl/N-ethyl adjacent to an activating group) is 1. The first-order chi connectivity index (χ1) is 12.5. The van der Waals surface area contributed by atoms with Crippen LogP contribution in [0.5, 0.6) is 0 Å². The molecule has 29 heavy (non-hydrogen) atoms. The summed E-state index contributed by atoms with van der Waals surface area (Å²) in [6, 6.07) is -25.0. The molecule has 0 spiro atoms. The Morgan fingerprint density at radius 1 is 0.828 bits per heavy atom. The van der Waals surface area contributed by atoms with Crippen molar-refractivity contribution in [1.82, 2.24) is 10.2 Å². The summed E-state index contributed by atoms with van der Waals surface area (Å²) in [5.41, 5.74) is 0. The van der Waals surface area contributed by atoms with E-state index >= 15 is 0 Å². The van der Waals surface area contributed by atoms with E-state index in [1.807, 2.05) is 0 Å². The van der Waals surface area contributed by atoms with Crippen LogP contribution in [0.15, 0.2) is 0 Å². The fourth-order valence-corrected chi connectivity index (χ4v) is 4.17. The molecule has 0 aromatic rings. The molecule has 0 atom stereocenters. The number of halogens is 15. The van der Waals surface area contributed by atoms with Crippen LogP contribution in [0.4, 0.5) is 65.9 Å². The van der Waals surface area contributed by atoms with Crippen molar-refractivity contribution in [3.8, 4) is 0 Å². The van der Waals surface area contributed by atoms with Gasteiger partial charge in [0, 0.05) is 0 Å². The zero-order valence-electron chi connectivity index (χ0n) is 13.1. The second-order valence-corrected chi connectivity index (χ2v) is 8.10. The van der Waals surface area contributed by atoms with E-state index in [4.69, 9.17) is 0 Å². The van der Waals surface area contributed by atoms with Gasteiger partial charge in [0.25, 0.3) is 0 Å². The van der Waals surface area contributed by atoms with E-state index in [0.29, 0.717) is 0 Å². The third kappa shape index (κ3) is 3.79. The molecule has 0 aromatic carbocycles. The predicted octanol–water partition coefficient (Wildman–Crippen LogP) is 4.21. The Bertz CT molecular complexity index is 617. The fraction of sp³-hybridized carbons (Fsp3) is 0.900. The van der Waals surface area contributed by atoms with Gasteiger partial charge in [0.2, 0.25) is 0 Å². The SMILES string of the molecule is CN1C(F)(F)C(F)(F)[N](/[Cf]=[C](\OCC(F)(F)C(F)F)C(F)(F)F)C(F)(F)C1(F)F. The average molecular weight is 706 g/mol. The van der Waals surface area contributed by atoms with Crippen LogP contribution >= 0.6 is 0 Å². The van der Waals surface area contributed by atoms with Crippen LogP contribution in [0, 0.1) is 0 Å². The van der Waals surface area contributed by atoms with Crippen molar-refractivity contribution in [1.29, 1.82) is 0 Å². The second kappa shape index (κ2) is 6.61. The zero-order chi connectivity index (χ0) is 23.4. The van der Waals surface area contributed by atoms with E-state index in [9.17, 15) is 65.9 Å². The molecule has 19 heteroatoms. The van der Waals surface area contributed by atoms with Crippen LogP contribution in [0.3, 0.4) is 0 Å². The van der Waals surface area contributed by atoms with Gasteiger partial charge in [0.1, 0.15) is 0 Å². The molecule has 0 amide bonds. The molecule has 1 saturated heterocycles. The first-order valence-electron chi connectivity index (χ1n) is 6.42. The van der Waals surface area contributed by atoms with Gasteiger partial charge in [0.05, 0.1) is 0 Å². The Morgan fingerprint density at radius 3 is 1.52 bits per heavy atom. The molecule has 1 aliphatic heterocycles. The van der Waals surface area contributed by atoms with Crippen LogP contribution < -0.4 is 0 Å². The van der Waals surface area contributed by atoms with Crippen molar-refractivity contribution < 1.29 is 70.6 Å². The Morgan fingerprint density at radius 2 is 1.21 bits per heavy atom. The molecule has 0 aliphatic carbocycles. The van der Waals surface area contributed by atoms with E-state index in [-0.39, 0.29) is 0 Å². The van der Waals surface area contributed by atoms with Crippen molar-refractivity contribution in [2.75, 3.05) is 13.7 Å². The number of ether oxygens (including phenoxy) is 1.